The number of fused-ring (bicyclic) bond motifs is 1. The van der Waals surface area contributed by atoms with Crippen LogP contribution < -0.4 is 21.3 Å². The van der Waals surface area contributed by atoms with E-state index in [4.69, 9.17) is 16.6 Å². The molecule has 0 fully saturated rings. The standard InChI is InChI=1S/C17H19N9O4S3/c18-5-6-21-33(29,30)13-4-2-10(9-1-3-12-11(7-9)22-14(8-19)31-12)15(16(13)32(20,27)28)17-23-25-26-24-17/h1-4,7,21H,5-6,8,18-19H2,(H2,20,27,28)(H,23,24,25,26). The highest BCUT2D eigenvalue weighted by Gasteiger charge is 2.32. The Morgan fingerprint density at radius 1 is 1.09 bits per heavy atom. The van der Waals surface area contributed by atoms with E-state index < -0.39 is 29.8 Å². The molecule has 2 heterocycles. The molecular formula is C17H19N9O4S3. The lowest BCUT2D eigenvalue weighted by Gasteiger charge is -2.16. The molecule has 0 saturated carbocycles. The first-order valence-corrected chi connectivity index (χ1v) is 13.2. The largest absolute Gasteiger partial charge is 0.329 e. The van der Waals surface area contributed by atoms with Crippen molar-refractivity contribution in [1.82, 2.24) is 30.3 Å². The molecule has 0 radical (unpaired) electrons. The molecule has 13 nitrogen and oxygen atoms in total. The zero-order valence-corrected chi connectivity index (χ0v) is 19.3. The number of benzene rings is 2. The molecule has 0 aliphatic rings. The number of nitrogens with zero attached hydrogens (tertiary/aromatic N) is 4. The number of aromatic amines is 1. The highest BCUT2D eigenvalue weighted by molar-refractivity contribution is 7.92. The molecule has 2 aromatic carbocycles. The van der Waals surface area contributed by atoms with Crippen LogP contribution in [0.25, 0.3) is 32.7 Å². The van der Waals surface area contributed by atoms with Crippen LogP contribution in [0.1, 0.15) is 5.01 Å². The molecule has 16 heteroatoms. The summed E-state index contributed by atoms with van der Waals surface area (Å²) in [5.74, 6) is -0.147. The van der Waals surface area contributed by atoms with Gasteiger partial charge in [-0.05, 0) is 34.5 Å². The van der Waals surface area contributed by atoms with Crippen molar-refractivity contribution in [3.63, 3.8) is 0 Å². The number of thiazole rings is 1. The average molecular weight is 510 g/mol. The van der Waals surface area contributed by atoms with Gasteiger partial charge in [0.25, 0.3) is 0 Å². The Morgan fingerprint density at radius 3 is 2.52 bits per heavy atom. The summed E-state index contributed by atoms with van der Waals surface area (Å²) in [6.07, 6.45) is 0. The van der Waals surface area contributed by atoms with Crippen molar-refractivity contribution in [2.75, 3.05) is 13.1 Å². The van der Waals surface area contributed by atoms with Gasteiger partial charge in [-0.3, -0.25) is 0 Å². The molecule has 4 rings (SSSR count). The Hall–Kier alpha value is -2.86. The van der Waals surface area contributed by atoms with Gasteiger partial charge in [-0.25, -0.2) is 31.7 Å². The third-order valence-electron chi connectivity index (χ3n) is 4.62. The summed E-state index contributed by atoms with van der Waals surface area (Å²) in [6, 6.07) is 7.90. The lowest BCUT2D eigenvalue weighted by atomic mass is 9.99. The Kier molecular flexibility index (Phi) is 6.23. The van der Waals surface area contributed by atoms with E-state index in [1.54, 1.807) is 12.1 Å². The number of hydrogen-bond donors (Lipinski definition) is 5. The van der Waals surface area contributed by atoms with E-state index in [0.29, 0.717) is 16.6 Å². The summed E-state index contributed by atoms with van der Waals surface area (Å²) in [4.78, 5) is 3.24. The maximum absolute atomic E-state index is 12.9. The number of nitrogens with one attached hydrogen (secondary N) is 2. The van der Waals surface area contributed by atoms with E-state index in [1.807, 2.05) is 6.07 Å². The summed E-state index contributed by atoms with van der Waals surface area (Å²) in [5, 5.41) is 19.7. The maximum atomic E-state index is 12.9. The predicted molar refractivity (Wildman–Crippen MR) is 122 cm³/mol. The molecule has 0 saturated heterocycles. The molecule has 0 aliphatic heterocycles. The van der Waals surface area contributed by atoms with E-state index in [9.17, 15) is 16.8 Å². The van der Waals surface area contributed by atoms with Crippen LogP contribution in [-0.2, 0) is 26.6 Å². The van der Waals surface area contributed by atoms with Gasteiger partial charge in [0.15, 0.2) is 0 Å². The van der Waals surface area contributed by atoms with Gasteiger partial charge in [0.1, 0.15) is 14.8 Å². The summed E-state index contributed by atoms with van der Waals surface area (Å²) in [7, 11) is -8.86. The van der Waals surface area contributed by atoms with Crippen molar-refractivity contribution < 1.29 is 16.8 Å². The van der Waals surface area contributed by atoms with Crippen LogP contribution in [0.2, 0.25) is 0 Å². The first kappa shape index (κ1) is 23.3. The number of H-pyrrole nitrogens is 1. The van der Waals surface area contributed by atoms with Gasteiger partial charge in [-0.15, -0.1) is 21.5 Å². The van der Waals surface area contributed by atoms with Crippen LogP contribution in [0.3, 0.4) is 0 Å². The van der Waals surface area contributed by atoms with E-state index in [0.717, 1.165) is 15.8 Å². The third-order valence-corrected chi connectivity index (χ3v) is 8.30. The lowest BCUT2D eigenvalue weighted by Crippen LogP contribution is -2.31. The van der Waals surface area contributed by atoms with Crippen LogP contribution >= 0.6 is 11.3 Å². The van der Waals surface area contributed by atoms with E-state index in [2.05, 4.69) is 30.3 Å². The van der Waals surface area contributed by atoms with Crippen molar-refractivity contribution in [2.45, 2.75) is 16.3 Å². The molecular weight excluding hydrogens is 490 g/mol. The zero-order valence-electron chi connectivity index (χ0n) is 16.9. The molecule has 174 valence electrons. The minimum Gasteiger partial charge on any atom is -0.329 e. The lowest BCUT2D eigenvalue weighted by molar-refractivity contribution is 0.574. The number of tetrazole rings is 1. The Morgan fingerprint density at radius 2 is 1.88 bits per heavy atom. The molecule has 8 N–H and O–H groups in total. The van der Waals surface area contributed by atoms with Gasteiger partial charge in [-0.1, -0.05) is 12.1 Å². The topological polar surface area (TPSA) is 226 Å². The monoisotopic (exact) mass is 509 g/mol. The Bertz CT molecular complexity index is 1530. The molecule has 33 heavy (non-hydrogen) atoms. The number of hydrogen-bond acceptors (Lipinski definition) is 11. The van der Waals surface area contributed by atoms with Gasteiger partial charge >= 0.3 is 0 Å². The molecule has 0 atom stereocenters. The van der Waals surface area contributed by atoms with Crippen LogP contribution in [-0.4, -0.2) is 55.5 Å². The van der Waals surface area contributed by atoms with Crippen LogP contribution in [0.4, 0.5) is 0 Å². The van der Waals surface area contributed by atoms with E-state index in [1.165, 1.54) is 17.4 Å². The first-order valence-electron chi connectivity index (χ1n) is 9.39. The summed E-state index contributed by atoms with van der Waals surface area (Å²) < 4.78 is 54.2. The molecule has 0 aliphatic carbocycles. The summed E-state index contributed by atoms with van der Waals surface area (Å²) in [5.41, 5.74) is 12.5. The summed E-state index contributed by atoms with van der Waals surface area (Å²) >= 11 is 1.43. The molecule has 0 unspecified atom stereocenters. The highest BCUT2D eigenvalue weighted by atomic mass is 32.2. The third kappa shape index (κ3) is 4.49. The van der Waals surface area contributed by atoms with Crippen molar-refractivity contribution in [3.05, 3.63) is 35.3 Å². The van der Waals surface area contributed by atoms with Crippen molar-refractivity contribution >= 4 is 41.6 Å². The Labute approximate surface area is 192 Å². The van der Waals surface area contributed by atoms with Gasteiger partial charge in [0.05, 0.1) is 15.8 Å². The second kappa shape index (κ2) is 8.82. The van der Waals surface area contributed by atoms with Crippen LogP contribution in [0, 0.1) is 0 Å². The molecule has 4 aromatic rings. The van der Waals surface area contributed by atoms with Crippen molar-refractivity contribution in [1.29, 1.82) is 0 Å². The minimum absolute atomic E-state index is 0.0121. The van der Waals surface area contributed by atoms with Gasteiger partial charge in [0, 0.05) is 19.6 Å². The number of aromatic nitrogens is 5. The molecule has 0 spiro atoms. The SMILES string of the molecule is NCCNS(=O)(=O)c1ccc(-c2ccc3sc(CN)nc3c2)c(-c2nn[nH]n2)c1S(N)(=O)=O. The number of sulfonamides is 2. The Balaban J connectivity index is 2.05. The summed E-state index contributed by atoms with van der Waals surface area (Å²) in [6.45, 7) is 0.189. The van der Waals surface area contributed by atoms with Crippen molar-refractivity contribution in [2.24, 2.45) is 16.6 Å². The molecule has 2 aromatic heterocycles. The number of rotatable bonds is 8. The minimum atomic E-state index is -4.57. The van der Waals surface area contributed by atoms with Gasteiger partial charge < -0.3 is 11.5 Å². The molecule has 0 bridgehead atoms. The van der Waals surface area contributed by atoms with Crippen LogP contribution in [0.5, 0.6) is 0 Å². The fraction of sp³-hybridized carbons (Fsp3) is 0.176. The van der Waals surface area contributed by atoms with E-state index in [-0.39, 0.29) is 31.0 Å². The van der Waals surface area contributed by atoms with Gasteiger partial charge in [-0.2, -0.15) is 5.21 Å². The zero-order chi connectivity index (χ0) is 23.8. The first-order chi connectivity index (χ1) is 15.7. The highest BCUT2D eigenvalue weighted by Crippen LogP contribution is 2.39. The van der Waals surface area contributed by atoms with Crippen molar-refractivity contribution in [3.8, 4) is 22.5 Å². The number of primary sulfonamides is 1. The van der Waals surface area contributed by atoms with Crippen LogP contribution in [0.15, 0.2) is 40.1 Å². The number of nitrogens with two attached hydrogens (primary N) is 3. The second-order valence-electron chi connectivity index (χ2n) is 6.78. The predicted octanol–water partition coefficient (Wildman–Crippen LogP) is -0.513. The molecule has 0 amide bonds. The average Bonchev–Trinajstić information content (AvgIpc) is 3.45. The fourth-order valence-electron chi connectivity index (χ4n) is 3.29. The smallest absolute Gasteiger partial charge is 0.241 e. The maximum Gasteiger partial charge on any atom is 0.241 e. The van der Waals surface area contributed by atoms with Gasteiger partial charge in [0.2, 0.25) is 25.9 Å². The quantitative estimate of drug-likeness (QED) is 0.204. The normalized spacial score (nSPS) is 12.5. The fourth-order valence-corrected chi connectivity index (χ4v) is 6.76. The second-order valence-corrected chi connectivity index (χ2v) is 11.1. The van der Waals surface area contributed by atoms with E-state index >= 15 is 0 Å².